The highest BCUT2D eigenvalue weighted by atomic mass is 32.2. The molecule has 0 aliphatic carbocycles. The predicted octanol–water partition coefficient (Wildman–Crippen LogP) is 1.28. The maximum atomic E-state index is 11.8. The van der Waals surface area contributed by atoms with Crippen molar-refractivity contribution in [3.63, 3.8) is 0 Å². The molecule has 0 bridgehead atoms. The fraction of sp³-hybridized carbons (Fsp3) is 0.455. The van der Waals surface area contributed by atoms with Crippen molar-refractivity contribution in [2.24, 2.45) is 0 Å². The third-order valence-electron chi connectivity index (χ3n) is 2.73. The summed E-state index contributed by atoms with van der Waals surface area (Å²) in [5.74, 6) is 0.761. The minimum atomic E-state index is -3.36. The van der Waals surface area contributed by atoms with Gasteiger partial charge in [0.15, 0.2) is 0 Å². The summed E-state index contributed by atoms with van der Waals surface area (Å²) in [6.45, 7) is 4.93. The Morgan fingerprint density at radius 2 is 1.88 bits per heavy atom. The number of anilines is 1. The Hall–Kier alpha value is -1.27. The van der Waals surface area contributed by atoms with Crippen molar-refractivity contribution in [2.45, 2.75) is 13.8 Å². The lowest BCUT2D eigenvalue weighted by Crippen LogP contribution is -2.21. The van der Waals surface area contributed by atoms with Crippen molar-refractivity contribution >= 4 is 15.9 Å². The van der Waals surface area contributed by atoms with Gasteiger partial charge in [-0.3, -0.25) is 4.72 Å². The van der Waals surface area contributed by atoms with Crippen LogP contribution in [-0.2, 0) is 10.2 Å². The van der Waals surface area contributed by atoms with Crippen LogP contribution >= 0.6 is 0 Å². The van der Waals surface area contributed by atoms with E-state index in [-0.39, 0.29) is 0 Å². The van der Waals surface area contributed by atoms with E-state index in [9.17, 15) is 8.42 Å². The molecule has 0 spiro atoms. The van der Waals surface area contributed by atoms with Crippen molar-refractivity contribution in [1.29, 1.82) is 0 Å². The lowest BCUT2D eigenvalue weighted by Gasteiger charge is -2.13. The number of nitrogens with one attached hydrogen (secondary N) is 1. The van der Waals surface area contributed by atoms with Crippen LogP contribution in [0.4, 0.5) is 5.69 Å². The molecule has 94 valence electrons. The van der Waals surface area contributed by atoms with Gasteiger partial charge in [-0.05, 0) is 37.1 Å². The zero-order chi connectivity index (χ0) is 12.6. The Morgan fingerprint density at radius 3 is 2.41 bits per heavy atom. The molecule has 2 rings (SSSR count). The number of benzene rings is 1. The monoisotopic (exact) mass is 256 g/mol. The van der Waals surface area contributed by atoms with Gasteiger partial charge in [0.2, 0.25) is 0 Å². The zero-order valence-electron chi connectivity index (χ0n) is 10.1. The molecule has 1 heterocycles. The molecule has 0 aromatic heterocycles. The first-order chi connectivity index (χ1) is 7.94. The van der Waals surface area contributed by atoms with Crippen molar-refractivity contribution in [2.75, 3.05) is 24.9 Å². The lowest BCUT2D eigenvalue weighted by molar-refractivity contribution is 0.411. The second kappa shape index (κ2) is 4.19. The van der Waals surface area contributed by atoms with E-state index in [4.69, 9.17) is 4.74 Å². The van der Waals surface area contributed by atoms with Crippen LogP contribution in [0.25, 0.3) is 0 Å². The quantitative estimate of drug-likeness (QED) is 0.826. The van der Waals surface area contributed by atoms with Gasteiger partial charge in [0.25, 0.3) is 0 Å². The summed E-state index contributed by atoms with van der Waals surface area (Å²) in [6.07, 6.45) is 0. The molecule has 0 saturated carbocycles. The average molecular weight is 256 g/mol. The first-order valence-corrected chi connectivity index (χ1v) is 6.81. The minimum absolute atomic E-state index is 0.601. The van der Waals surface area contributed by atoms with Gasteiger partial charge in [-0.1, -0.05) is 0 Å². The van der Waals surface area contributed by atoms with E-state index < -0.39 is 10.2 Å². The predicted molar refractivity (Wildman–Crippen MR) is 66.6 cm³/mol. The van der Waals surface area contributed by atoms with Gasteiger partial charge in [-0.2, -0.15) is 12.7 Å². The summed E-state index contributed by atoms with van der Waals surface area (Å²) >= 11 is 0. The van der Waals surface area contributed by atoms with E-state index in [2.05, 4.69) is 4.72 Å². The molecule has 17 heavy (non-hydrogen) atoms. The lowest BCUT2D eigenvalue weighted by atomic mass is 10.1. The fourth-order valence-electron chi connectivity index (χ4n) is 1.60. The molecule has 6 heteroatoms. The maximum Gasteiger partial charge on any atom is 0.301 e. The van der Waals surface area contributed by atoms with E-state index >= 15 is 0 Å². The molecule has 1 N–H and O–H groups in total. The van der Waals surface area contributed by atoms with E-state index in [1.165, 1.54) is 4.31 Å². The highest BCUT2D eigenvalue weighted by molar-refractivity contribution is 7.90. The Morgan fingerprint density at radius 1 is 1.24 bits per heavy atom. The van der Waals surface area contributed by atoms with Crippen LogP contribution in [0, 0.1) is 13.8 Å². The number of ether oxygens (including phenoxy) is 1. The molecule has 1 fully saturated rings. The van der Waals surface area contributed by atoms with Crippen molar-refractivity contribution in [3.8, 4) is 5.75 Å². The van der Waals surface area contributed by atoms with Gasteiger partial charge in [0, 0.05) is 13.1 Å². The van der Waals surface area contributed by atoms with Crippen LogP contribution in [0.15, 0.2) is 12.1 Å². The molecule has 0 amide bonds. The fourth-order valence-corrected chi connectivity index (χ4v) is 2.79. The standard InChI is InChI=1S/C11H16N2O3S/c1-8-7-11(16-3)9(2)6-10(8)12-17(14,15)13-4-5-13/h6-7,12H,4-5H2,1-3H3. The highest BCUT2D eigenvalue weighted by Crippen LogP contribution is 2.27. The van der Waals surface area contributed by atoms with Gasteiger partial charge in [-0.25, -0.2) is 0 Å². The summed E-state index contributed by atoms with van der Waals surface area (Å²) < 4.78 is 32.7. The van der Waals surface area contributed by atoms with Crippen molar-refractivity contribution in [3.05, 3.63) is 23.3 Å². The molecule has 0 radical (unpaired) electrons. The first-order valence-electron chi connectivity index (χ1n) is 5.37. The summed E-state index contributed by atoms with van der Waals surface area (Å²) in [7, 11) is -1.76. The van der Waals surface area contributed by atoms with Gasteiger partial charge < -0.3 is 4.74 Å². The molecule has 1 aliphatic heterocycles. The third kappa shape index (κ3) is 2.53. The number of aryl methyl sites for hydroxylation is 2. The van der Waals surface area contributed by atoms with Crippen LogP contribution in [-0.4, -0.2) is 32.9 Å². The molecular weight excluding hydrogens is 240 g/mol. The van der Waals surface area contributed by atoms with Gasteiger partial charge in [-0.15, -0.1) is 0 Å². The molecular formula is C11H16N2O3S. The number of rotatable bonds is 4. The molecule has 0 atom stereocenters. The van der Waals surface area contributed by atoms with E-state index in [1.807, 2.05) is 19.9 Å². The molecule has 1 aliphatic rings. The number of nitrogens with zero attached hydrogens (tertiary/aromatic N) is 1. The average Bonchev–Trinajstić information content (AvgIpc) is 3.06. The topological polar surface area (TPSA) is 58.4 Å². The highest BCUT2D eigenvalue weighted by Gasteiger charge is 2.32. The zero-order valence-corrected chi connectivity index (χ0v) is 11.0. The molecule has 0 unspecified atom stereocenters. The Kier molecular flexibility index (Phi) is 3.01. The Bertz CT molecular complexity index is 536. The molecule has 1 saturated heterocycles. The second-order valence-corrected chi connectivity index (χ2v) is 5.81. The Labute approximate surface area is 102 Å². The van der Waals surface area contributed by atoms with Crippen molar-refractivity contribution < 1.29 is 13.2 Å². The first kappa shape index (κ1) is 12.2. The van der Waals surface area contributed by atoms with Gasteiger partial charge in [0.05, 0.1) is 12.8 Å². The number of hydrogen-bond acceptors (Lipinski definition) is 3. The van der Waals surface area contributed by atoms with Crippen LogP contribution in [0.1, 0.15) is 11.1 Å². The molecule has 1 aromatic rings. The van der Waals surface area contributed by atoms with Crippen LogP contribution in [0.2, 0.25) is 0 Å². The largest absolute Gasteiger partial charge is 0.496 e. The van der Waals surface area contributed by atoms with Crippen molar-refractivity contribution in [1.82, 2.24) is 4.31 Å². The summed E-state index contributed by atoms with van der Waals surface area (Å²) in [6, 6.07) is 3.62. The van der Waals surface area contributed by atoms with Gasteiger partial charge >= 0.3 is 10.2 Å². The van der Waals surface area contributed by atoms with E-state index in [0.717, 1.165) is 16.9 Å². The summed E-state index contributed by atoms with van der Waals surface area (Å²) in [5.41, 5.74) is 2.36. The summed E-state index contributed by atoms with van der Waals surface area (Å²) in [4.78, 5) is 0. The van der Waals surface area contributed by atoms with Gasteiger partial charge in [0.1, 0.15) is 5.75 Å². The van der Waals surface area contributed by atoms with Crippen LogP contribution in [0.3, 0.4) is 0 Å². The van der Waals surface area contributed by atoms with E-state index in [0.29, 0.717) is 18.8 Å². The maximum absolute atomic E-state index is 11.8. The number of methoxy groups -OCH3 is 1. The number of hydrogen-bond donors (Lipinski definition) is 1. The van der Waals surface area contributed by atoms with E-state index in [1.54, 1.807) is 13.2 Å². The van der Waals surface area contributed by atoms with Crippen LogP contribution < -0.4 is 9.46 Å². The molecule has 1 aromatic carbocycles. The normalized spacial score (nSPS) is 15.7. The second-order valence-electron chi connectivity index (χ2n) is 4.14. The third-order valence-corrected chi connectivity index (χ3v) is 4.25. The minimum Gasteiger partial charge on any atom is -0.496 e. The summed E-state index contributed by atoms with van der Waals surface area (Å²) in [5, 5.41) is 0. The Balaban J connectivity index is 2.30. The van der Waals surface area contributed by atoms with Crippen LogP contribution in [0.5, 0.6) is 5.75 Å². The molecule has 5 nitrogen and oxygen atoms in total. The SMILES string of the molecule is COc1cc(C)c(NS(=O)(=O)N2CC2)cc1C. The smallest absolute Gasteiger partial charge is 0.301 e.